The van der Waals surface area contributed by atoms with Crippen molar-refractivity contribution in [3.63, 3.8) is 0 Å². The molecule has 1 aliphatic heterocycles. The highest BCUT2D eigenvalue weighted by Crippen LogP contribution is 2.21. The second-order valence-corrected chi connectivity index (χ2v) is 5.29. The molecule has 0 amide bonds. The van der Waals surface area contributed by atoms with Crippen LogP contribution in [0.4, 0.5) is 10.1 Å². The molecule has 1 aromatic carbocycles. The number of nitro groups is 1. The third-order valence-electron chi connectivity index (χ3n) is 3.69. The van der Waals surface area contributed by atoms with Gasteiger partial charge in [-0.05, 0) is 33.0 Å². The molecule has 0 atom stereocenters. The van der Waals surface area contributed by atoms with E-state index < -0.39 is 16.4 Å². The van der Waals surface area contributed by atoms with E-state index in [-0.39, 0.29) is 0 Å². The smallest absolute Gasteiger partial charge is 0.302 e. The van der Waals surface area contributed by atoms with E-state index >= 15 is 0 Å². The highest BCUT2D eigenvalue weighted by Gasteiger charge is 2.18. The van der Waals surface area contributed by atoms with Crippen molar-refractivity contribution in [3.8, 4) is 0 Å². The Balaban J connectivity index is 1.91. The van der Waals surface area contributed by atoms with E-state index in [1.54, 1.807) is 6.07 Å². The van der Waals surface area contributed by atoms with Crippen LogP contribution in [0.3, 0.4) is 0 Å². The first-order valence-electron chi connectivity index (χ1n) is 6.90. The standard InChI is InChI=1S/C14H20FN3O2/c1-16(9-10-17-7-2-3-8-17)11-12-5-4-6-13(14(12)15)18(19)20/h4-6H,2-3,7-11H2,1H3. The highest BCUT2D eigenvalue weighted by molar-refractivity contribution is 5.36. The summed E-state index contributed by atoms with van der Waals surface area (Å²) in [7, 11) is 1.91. The van der Waals surface area contributed by atoms with Crippen LogP contribution in [-0.4, -0.2) is 47.9 Å². The number of benzene rings is 1. The summed E-state index contributed by atoms with van der Waals surface area (Å²) in [4.78, 5) is 14.4. The molecule has 2 rings (SSSR count). The molecule has 110 valence electrons. The molecule has 0 saturated carbocycles. The van der Waals surface area contributed by atoms with Gasteiger partial charge in [-0.2, -0.15) is 4.39 Å². The van der Waals surface area contributed by atoms with E-state index in [0.29, 0.717) is 12.1 Å². The average molecular weight is 281 g/mol. The largest absolute Gasteiger partial charge is 0.305 e. The predicted molar refractivity (Wildman–Crippen MR) is 75.1 cm³/mol. The summed E-state index contributed by atoms with van der Waals surface area (Å²) in [6.07, 6.45) is 2.51. The van der Waals surface area contributed by atoms with Gasteiger partial charge in [0.05, 0.1) is 4.92 Å². The van der Waals surface area contributed by atoms with Crippen molar-refractivity contribution >= 4 is 5.69 Å². The first-order chi connectivity index (χ1) is 9.58. The number of rotatable bonds is 6. The van der Waals surface area contributed by atoms with Crippen LogP contribution >= 0.6 is 0 Å². The molecule has 0 bridgehead atoms. The number of likely N-dealkylation sites (N-methyl/N-ethyl adjacent to an activating group) is 1. The van der Waals surface area contributed by atoms with Gasteiger partial charge in [0, 0.05) is 31.3 Å². The molecule has 1 fully saturated rings. The topological polar surface area (TPSA) is 49.6 Å². The lowest BCUT2D eigenvalue weighted by Gasteiger charge is -2.21. The van der Waals surface area contributed by atoms with Crippen molar-refractivity contribution in [2.45, 2.75) is 19.4 Å². The Morgan fingerprint density at radius 1 is 1.40 bits per heavy atom. The van der Waals surface area contributed by atoms with Crippen molar-refractivity contribution in [2.75, 3.05) is 33.2 Å². The minimum absolute atomic E-state index is 0.378. The Morgan fingerprint density at radius 2 is 2.10 bits per heavy atom. The van der Waals surface area contributed by atoms with Crippen LogP contribution in [0.25, 0.3) is 0 Å². The fourth-order valence-corrected chi connectivity index (χ4v) is 2.52. The van der Waals surface area contributed by atoms with E-state index in [0.717, 1.165) is 26.2 Å². The van der Waals surface area contributed by atoms with Gasteiger partial charge in [-0.15, -0.1) is 0 Å². The first-order valence-corrected chi connectivity index (χ1v) is 6.90. The van der Waals surface area contributed by atoms with E-state index in [4.69, 9.17) is 0 Å². The number of hydrogen-bond donors (Lipinski definition) is 0. The molecule has 6 heteroatoms. The van der Waals surface area contributed by atoms with Gasteiger partial charge in [0.2, 0.25) is 5.82 Å². The Morgan fingerprint density at radius 3 is 2.75 bits per heavy atom. The van der Waals surface area contributed by atoms with E-state index in [9.17, 15) is 14.5 Å². The normalized spacial score (nSPS) is 15.9. The number of nitrogens with zero attached hydrogens (tertiary/aromatic N) is 3. The van der Waals surface area contributed by atoms with Gasteiger partial charge >= 0.3 is 5.69 Å². The molecule has 0 aliphatic carbocycles. The number of nitro benzene ring substituents is 1. The summed E-state index contributed by atoms with van der Waals surface area (Å²) in [5.41, 5.74) is -0.0708. The van der Waals surface area contributed by atoms with Crippen molar-refractivity contribution in [2.24, 2.45) is 0 Å². The fraction of sp³-hybridized carbons (Fsp3) is 0.571. The maximum atomic E-state index is 13.9. The van der Waals surface area contributed by atoms with E-state index in [1.165, 1.54) is 25.0 Å². The summed E-state index contributed by atoms with van der Waals surface area (Å²) < 4.78 is 13.9. The molecule has 1 heterocycles. The summed E-state index contributed by atoms with van der Waals surface area (Å²) in [5, 5.41) is 10.7. The third kappa shape index (κ3) is 3.74. The molecule has 0 radical (unpaired) electrons. The molecule has 0 aromatic heterocycles. The fourth-order valence-electron chi connectivity index (χ4n) is 2.52. The van der Waals surface area contributed by atoms with Gasteiger partial charge in [0.15, 0.2) is 0 Å². The zero-order valence-electron chi connectivity index (χ0n) is 11.7. The number of likely N-dealkylation sites (tertiary alicyclic amines) is 1. The second-order valence-electron chi connectivity index (χ2n) is 5.29. The SMILES string of the molecule is CN(CCN1CCCC1)Cc1cccc([N+](=O)[O-])c1F. The maximum Gasteiger partial charge on any atom is 0.305 e. The van der Waals surface area contributed by atoms with Gasteiger partial charge in [0.25, 0.3) is 0 Å². The molecule has 5 nitrogen and oxygen atoms in total. The minimum Gasteiger partial charge on any atom is -0.302 e. The number of halogens is 1. The Labute approximate surface area is 118 Å². The van der Waals surface area contributed by atoms with Gasteiger partial charge < -0.3 is 9.80 Å². The molecule has 0 N–H and O–H groups in total. The van der Waals surface area contributed by atoms with Crippen LogP contribution < -0.4 is 0 Å². The van der Waals surface area contributed by atoms with Crippen LogP contribution in [0.2, 0.25) is 0 Å². The molecule has 20 heavy (non-hydrogen) atoms. The van der Waals surface area contributed by atoms with E-state index in [1.807, 2.05) is 11.9 Å². The molecule has 1 aromatic rings. The molecule has 1 saturated heterocycles. The van der Waals surface area contributed by atoms with Crippen LogP contribution in [0.15, 0.2) is 18.2 Å². The van der Waals surface area contributed by atoms with Crippen LogP contribution in [-0.2, 0) is 6.54 Å². The van der Waals surface area contributed by atoms with Gasteiger partial charge in [-0.1, -0.05) is 12.1 Å². The highest BCUT2D eigenvalue weighted by atomic mass is 19.1. The second kappa shape index (κ2) is 6.76. The van der Waals surface area contributed by atoms with Gasteiger partial charge in [-0.3, -0.25) is 10.1 Å². The van der Waals surface area contributed by atoms with Crippen molar-refractivity contribution in [1.82, 2.24) is 9.80 Å². The quantitative estimate of drug-likeness (QED) is 0.593. The molecular weight excluding hydrogens is 261 g/mol. The van der Waals surface area contributed by atoms with Crippen LogP contribution in [0, 0.1) is 15.9 Å². The van der Waals surface area contributed by atoms with Crippen LogP contribution in [0.1, 0.15) is 18.4 Å². The van der Waals surface area contributed by atoms with Crippen LogP contribution in [0.5, 0.6) is 0 Å². The Bertz CT molecular complexity index is 475. The van der Waals surface area contributed by atoms with E-state index in [2.05, 4.69) is 4.90 Å². The summed E-state index contributed by atoms with van der Waals surface area (Å²) >= 11 is 0. The lowest BCUT2D eigenvalue weighted by molar-refractivity contribution is -0.387. The van der Waals surface area contributed by atoms with Crippen molar-refractivity contribution in [1.29, 1.82) is 0 Å². The predicted octanol–water partition coefficient (Wildman–Crippen LogP) is 2.26. The lowest BCUT2D eigenvalue weighted by Crippen LogP contribution is -2.31. The lowest BCUT2D eigenvalue weighted by atomic mass is 10.1. The average Bonchev–Trinajstić information content (AvgIpc) is 2.91. The molecule has 0 spiro atoms. The zero-order valence-corrected chi connectivity index (χ0v) is 11.7. The van der Waals surface area contributed by atoms with Gasteiger partial charge in [-0.25, -0.2) is 0 Å². The molecule has 0 unspecified atom stereocenters. The Hall–Kier alpha value is -1.53. The number of hydrogen-bond acceptors (Lipinski definition) is 4. The zero-order chi connectivity index (χ0) is 14.5. The van der Waals surface area contributed by atoms with Gasteiger partial charge in [0.1, 0.15) is 0 Å². The van der Waals surface area contributed by atoms with Crippen molar-refractivity contribution in [3.05, 3.63) is 39.7 Å². The molecular formula is C14H20FN3O2. The first kappa shape index (κ1) is 14.9. The summed E-state index contributed by atoms with van der Waals surface area (Å²) in [6, 6.07) is 4.34. The monoisotopic (exact) mass is 281 g/mol. The summed E-state index contributed by atoms with van der Waals surface area (Å²) in [5.74, 6) is -0.717. The summed E-state index contributed by atoms with van der Waals surface area (Å²) in [6.45, 7) is 4.47. The molecule has 1 aliphatic rings. The minimum atomic E-state index is -0.717. The third-order valence-corrected chi connectivity index (χ3v) is 3.69. The Kier molecular flexibility index (Phi) is 5.03. The van der Waals surface area contributed by atoms with Crippen molar-refractivity contribution < 1.29 is 9.31 Å². The maximum absolute atomic E-state index is 13.9.